The number of hydrogen-bond acceptors (Lipinski definition) is 3. The molecule has 0 N–H and O–H groups in total. The Hall–Kier alpha value is -0.920. The van der Waals surface area contributed by atoms with Crippen LogP contribution in [0.1, 0.15) is 109 Å². The number of benzene rings is 2. The summed E-state index contributed by atoms with van der Waals surface area (Å²) in [5, 5.41) is 0. The minimum Gasteiger partial charge on any atom is -0.744 e. The average Bonchev–Trinajstić information content (AvgIpc) is 2.66. The van der Waals surface area contributed by atoms with Gasteiger partial charge in [0.2, 0.25) is 0 Å². The normalized spacial score (nSPS) is 12.3. The summed E-state index contributed by atoms with van der Waals surface area (Å²) in [5.41, 5.74) is 4.14. The van der Waals surface area contributed by atoms with E-state index in [9.17, 15) is 13.0 Å². The second-order valence-electron chi connectivity index (χ2n) is 9.71. The Morgan fingerprint density at radius 3 is 1.58 bits per heavy atom. The summed E-state index contributed by atoms with van der Waals surface area (Å²) in [6, 6.07) is 12.6. The topological polar surface area (TPSA) is 57.2 Å². The van der Waals surface area contributed by atoms with Crippen molar-refractivity contribution >= 4 is 10.1 Å². The molecule has 0 aromatic heterocycles. The van der Waals surface area contributed by atoms with Gasteiger partial charge in [-0.25, -0.2) is 8.42 Å². The predicted molar refractivity (Wildman–Crippen MR) is 127 cm³/mol. The molecule has 0 fully saturated rings. The van der Waals surface area contributed by atoms with Crippen molar-refractivity contribution in [1.82, 2.24) is 0 Å². The van der Waals surface area contributed by atoms with Gasteiger partial charge in [-0.15, -0.1) is 0 Å². The highest BCUT2D eigenvalue weighted by atomic mass is 127. The lowest BCUT2D eigenvalue weighted by molar-refractivity contribution is -0.328. The molecule has 0 bridgehead atoms. The maximum Gasteiger partial charge on any atom is 0.296 e. The van der Waals surface area contributed by atoms with Crippen LogP contribution in [0.2, 0.25) is 0 Å². The number of halogens is 1. The molecule has 2 aromatic carbocycles. The van der Waals surface area contributed by atoms with E-state index < -0.39 is 10.1 Å². The first-order valence-corrected chi connectivity index (χ1v) is 13.6. The van der Waals surface area contributed by atoms with E-state index in [2.05, 4.69) is 81.5 Å². The quantitative estimate of drug-likeness (QED) is 0.401. The number of rotatable bonds is 6. The van der Waals surface area contributed by atoms with E-state index in [0.29, 0.717) is 22.5 Å². The Morgan fingerprint density at radius 2 is 1.29 bits per heavy atom. The zero-order valence-electron chi connectivity index (χ0n) is 20.4. The average molecular weight is 559 g/mol. The maximum atomic E-state index is 11.6. The van der Waals surface area contributed by atoms with Crippen LogP contribution in [-0.4, -0.2) is 13.0 Å². The summed E-state index contributed by atoms with van der Waals surface area (Å²) in [7, 11) is -4.45. The third-order valence-electron chi connectivity index (χ3n) is 5.85. The van der Waals surface area contributed by atoms with Crippen LogP contribution < -0.4 is 22.6 Å². The molecule has 5 heteroatoms. The fraction of sp³-hybridized carbons (Fsp3) is 0.538. The van der Waals surface area contributed by atoms with Crippen LogP contribution in [0.3, 0.4) is 0 Å². The van der Waals surface area contributed by atoms with E-state index in [1.165, 1.54) is 15.6 Å². The van der Waals surface area contributed by atoms with E-state index >= 15 is 0 Å². The summed E-state index contributed by atoms with van der Waals surface area (Å²) < 4.78 is 36.2. The van der Waals surface area contributed by atoms with Crippen LogP contribution in [-0.2, 0) is 15.5 Å². The Labute approximate surface area is 203 Å². The minimum absolute atomic E-state index is 0.00919. The van der Waals surface area contributed by atoms with Gasteiger partial charge in [-0.2, -0.15) is 0 Å². The first-order chi connectivity index (χ1) is 14.1. The second-order valence-corrected chi connectivity index (χ2v) is 12.4. The number of hydrogen-bond donors (Lipinski definition) is 0. The van der Waals surface area contributed by atoms with Crippen LogP contribution in [0.4, 0.5) is 0 Å². The standard InChI is InChI=1S/C15H24O3S.C11H16I/c1-9(2)12-7-13(10(3)4)15(19(16,17)18)14(8-12)11(5)6;1-4-11(2,3)9-5-7-10(12)8-6-9/h7-11H,1-6H3,(H,16,17,18);5-8,12H,4H2,1-3H3/q;+1/p-1. The SMILES string of the molecule is CC(C)c1cc(C(C)C)c(S(=O)(=O)[O-])c(C(C)C)c1.CCC(C)(C)c1ccc([IH+])cc1. The molecule has 0 atom stereocenters. The molecule has 174 valence electrons. The Bertz CT molecular complexity index is 928. The van der Waals surface area contributed by atoms with Crippen molar-refractivity contribution in [1.29, 1.82) is 0 Å². The van der Waals surface area contributed by atoms with Crippen molar-refractivity contribution in [3.8, 4) is 0 Å². The lowest BCUT2D eigenvalue weighted by Crippen LogP contribution is -3.34. The molecule has 2 rings (SSSR count). The molecular weight excluding hydrogens is 519 g/mol. The Balaban J connectivity index is 0.000000343. The van der Waals surface area contributed by atoms with E-state index in [0.717, 1.165) is 5.56 Å². The highest BCUT2D eigenvalue weighted by Gasteiger charge is 2.21. The largest absolute Gasteiger partial charge is 0.744 e. The molecule has 3 nitrogen and oxygen atoms in total. The molecule has 0 spiro atoms. The summed E-state index contributed by atoms with van der Waals surface area (Å²) in [5.74, 6) is 0.322. The highest BCUT2D eigenvalue weighted by Crippen LogP contribution is 2.34. The van der Waals surface area contributed by atoms with Crippen LogP contribution >= 0.6 is 0 Å². The minimum atomic E-state index is -4.45. The second kappa shape index (κ2) is 11.3. The monoisotopic (exact) mass is 558 g/mol. The molecular formula is C26H39IO3S. The molecule has 0 radical (unpaired) electrons. The predicted octanol–water partition coefficient (Wildman–Crippen LogP) is 3.79. The van der Waals surface area contributed by atoms with Gasteiger partial charge in [0.15, 0.2) is 3.57 Å². The van der Waals surface area contributed by atoms with Gasteiger partial charge >= 0.3 is 0 Å². The lowest BCUT2D eigenvalue weighted by atomic mass is 9.82. The molecule has 0 aliphatic carbocycles. The summed E-state index contributed by atoms with van der Waals surface area (Å²) in [4.78, 5) is -0.0121. The fourth-order valence-corrected chi connectivity index (χ4v) is 4.84. The first-order valence-electron chi connectivity index (χ1n) is 11.0. The summed E-state index contributed by atoms with van der Waals surface area (Å²) in [6.45, 7) is 18.6. The third kappa shape index (κ3) is 7.86. The molecule has 0 saturated carbocycles. The van der Waals surface area contributed by atoms with Crippen LogP contribution in [0.25, 0.3) is 0 Å². The van der Waals surface area contributed by atoms with Gasteiger partial charge in [0.25, 0.3) is 22.6 Å². The van der Waals surface area contributed by atoms with Crippen molar-refractivity contribution < 1.29 is 35.6 Å². The highest BCUT2D eigenvalue weighted by molar-refractivity contribution is 7.85. The van der Waals surface area contributed by atoms with Crippen LogP contribution in [0.5, 0.6) is 0 Å². The zero-order chi connectivity index (χ0) is 24.1. The van der Waals surface area contributed by atoms with E-state index in [1.54, 1.807) is 0 Å². The van der Waals surface area contributed by atoms with E-state index in [-0.39, 0.29) is 16.7 Å². The van der Waals surface area contributed by atoms with Crippen LogP contribution in [0, 0.1) is 3.57 Å². The van der Waals surface area contributed by atoms with Gasteiger partial charge in [0.05, 0.1) is 4.90 Å². The molecule has 0 aliphatic heterocycles. The molecule has 0 unspecified atom stereocenters. The molecule has 2 aromatic rings. The molecule has 0 saturated heterocycles. The van der Waals surface area contributed by atoms with Crippen molar-refractivity contribution in [3.05, 3.63) is 62.2 Å². The van der Waals surface area contributed by atoms with Crippen molar-refractivity contribution in [2.45, 2.75) is 96.8 Å². The van der Waals surface area contributed by atoms with Gasteiger partial charge in [-0.1, -0.05) is 86.6 Å². The first kappa shape index (κ1) is 28.1. The molecule has 0 heterocycles. The molecule has 0 amide bonds. The van der Waals surface area contributed by atoms with Gasteiger partial charge in [-0.05, 0) is 64.0 Å². The summed E-state index contributed by atoms with van der Waals surface area (Å²) in [6.07, 6.45) is 1.19. The molecule has 0 aliphatic rings. The smallest absolute Gasteiger partial charge is 0.296 e. The van der Waals surface area contributed by atoms with Crippen molar-refractivity contribution in [2.75, 3.05) is 0 Å². The molecule has 31 heavy (non-hydrogen) atoms. The van der Waals surface area contributed by atoms with Crippen LogP contribution in [0.15, 0.2) is 41.3 Å². The Kier molecular flexibility index (Phi) is 10.2. The van der Waals surface area contributed by atoms with Gasteiger partial charge in [-0.3, -0.25) is 0 Å². The maximum absolute atomic E-state index is 11.6. The van der Waals surface area contributed by atoms with Gasteiger partial charge in [0.1, 0.15) is 10.1 Å². The van der Waals surface area contributed by atoms with E-state index in [4.69, 9.17) is 0 Å². The van der Waals surface area contributed by atoms with Gasteiger partial charge in [0, 0.05) is 0 Å². The Morgan fingerprint density at radius 1 is 0.871 bits per heavy atom. The van der Waals surface area contributed by atoms with Crippen molar-refractivity contribution in [3.63, 3.8) is 0 Å². The van der Waals surface area contributed by atoms with Crippen molar-refractivity contribution in [2.24, 2.45) is 0 Å². The zero-order valence-corrected chi connectivity index (χ0v) is 23.6. The fourth-order valence-electron chi connectivity index (χ4n) is 3.29. The van der Waals surface area contributed by atoms with E-state index in [1.807, 2.05) is 39.8 Å². The lowest BCUT2D eigenvalue weighted by Gasteiger charge is -2.24. The third-order valence-corrected chi connectivity index (χ3v) is 7.60. The summed E-state index contributed by atoms with van der Waals surface area (Å²) >= 11 is 2.06. The van der Waals surface area contributed by atoms with Gasteiger partial charge < -0.3 is 4.55 Å².